The maximum atomic E-state index is 5.53. The van der Waals surface area contributed by atoms with Crippen molar-refractivity contribution in [2.75, 3.05) is 20.2 Å². The molecule has 2 nitrogen and oxygen atoms in total. The van der Waals surface area contributed by atoms with Crippen LogP contribution in [0.4, 0.5) is 0 Å². The molecule has 0 aromatic heterocycles. The van der Waals surface area contributed by atoms with E-state index in [1.807, 2.05) is 7.11 Å². The number of methoxy groups -OCH3 is 1. The van der Waals surface area contributed by atoms with Gasteiger partial charge in [-0.15, -0.1) is 0 Å². The number of hydrogen-bond acceptors (Lipinski definition) is 2. The Morgan fingerprint density at radius 1 is 1.19 bits per heavy atom. The molecule has 3 atom stereocenters. The van der Waals surface area contributed by atoms with Crippen LogP contribution in [0, 0.1) is 11.8 Å². The third-order valence-electron chi connectivity index (χ3n) is 4.04. The monoisotopic (exact) mass is 217 g/mol. The molecule has 16 heavy (non-hydrogen) atoms. The molecule has 0 spiro atoms. The van der Waals surface area contributed by atoms with Crippen LogP contribution >= 0.6 is 0 Å². The molecule has 1 aliphatic carbocycles. The summed E-state index contributed by atoms with van der Waals surface area (Å²) in [4.78, 5) is 2.57. The van der Waals surface area contributed by atoms with E-state index in [4.69, 9.17) is 4.74 Å². The molecule has 4 rings (SSSR count). The quantitative estimate of drug-likeness (QED) is 0.769. The Kier molecular flexibility index (Phi) is 2.70. The van der Waals surface area contributed by atoms with Crippen molar-refractivity contribution in [1.82, 2.24) is 4.90 Å². The summed E-state index contributed by atoms with van der Waals surface area (Å²) in [5, 5.41) is 0. The first-order valence-corrected chi connectivity index (χ1v) is 6.16. The SMILES string of the molecule is COC1[C@@H]2C[C@H]1CN(Cc1ccccc1)C2. The van der Waals surface area contributed by atoms with Gasteiger partial charge in [-0.1, -0.05) is 30.3 Å². The fourth-order valence-corrected chi connectivity index (χ4v) is 3.30. The van der Waals surface area contributed by atoms with Crippen LogP contribution < -0.4 is 0 Å². The first-order valence-electron chi connectivity index (χ1n) is 6.16. The van der Waals surface area contributed by atoms with E-state index in [2.05, 4.69) is 35.2 Å². The van der Waals surface area contributed by atoms with Crippen molar-refractivity contribution >= 4 is 0 Å². The Morgan fingerprint density at radius 3 is 2.50 bits per heavy atom. The minimum absolute atomic E-state index is 0.548. The van der Waals surface area contributed by atoms with Gasteiger partial charge in [-0.05, 0) is 23.8 Å². The van der Waals surface area contributed by atoms with E-state index in [9.17, 15) is 0 Å². The number of piperidine rings is 2. The van der Waals surface area contributed by atoms with Crippen LogP contribution in [-0.4, -0.2) is 31.2 Å². The molecule has 1 aromatic rings. The Balaban J connectivity index is 1.59. The lowest BCUT2D eigenvalue weighted by Gasteiger charge is -2.52. The highest BCUT2D eigenvalue weighted by Gasteiger charge is 2.46. The van der Waals surface area contributed by atoms with Crippen molar-refractivity contribution in [2.24, 2.45) is 11.8 Å². The third-order valence-corrected chi connectivity index (χ3v) is 4.04. The molecular formula is C14H19NO. The Bertz CT molecular complexity index is 339. The van der Waals surface area contributed by atoms with Crippen molar-refractivity contribution in [2.45, 2.75) is 19.1 Å². The molecule has 1 aromatic carbocycles. The molecule has 2 heterocycles. The Hall–Kier alpha value is -0.860. The average Bonchev–Trinajstić information content (AvgIpc) is 2.31. The number of benzene rings is 1. The number of ether oxygens (including phenoxy) is 1. The number of fused-ring (bicyclic) bond motifs is 2. The highest BCUT2D eigenvalue weighted by Crippen LogP contribution is 2.42. The van der Waals surface area contributed by atoms with E-state index in [1.54, 1.807) is 0 Å². The van der Waals surface area contributed by atoms with E-state index in [0.717, 1.165) is 18.4 Å². The molecule has 0 radical (unpaired) electrons. The van der Waals surface area contributed by atoms with Crippen LogP contribution in [0.3, 0.4) is 0 Å². The number of hydrogen-bond donors (Lipinski definition) is 0. The van der Waals surface area contributed by atoms with Crippen molar-refractivity contribution in [3.8, 4) is 0 Å². The molecule has 3 fully saturated rings. The van der Waals surface area contributed by atoms with Gasteiger partial charge in [-0.3, -0.25) is 4.90 Å². The molecule has 86 valence electrons. The lowest BCUT2D eigenvalue weighted by atomic mass is 9.68. The standard InChI is InChI=1S/C14H19NO/c1-16-14-12-7-13(14)10-15(9-12)8-11-5-3-2-4-6-11/h2-6,12-14H,7-10H2,1H3/t12-,13+,14?. The van der Waals surface area contributed by atoms with Crippen LogP contribution in [0.15, 0.2) is 30.3 Å². The summed E-state index contributed by atoms with van der Waals surface area (Å²) in [7, 11) is 1.86. The molecule has 3 aliphatic rings. The molecular weight excluding hydrogens is 198 g/mol. The topological polar surface area (TPSA) is 12.5 Å². The van der Waals surface area contributed by atoms with E-state index in [0.29, 0.717) is 6.10 Å². The van der Waals surface area contributed by atoms with Crippen molar-refractivity contribution in [1.29, 1.82) is 0 Å². The molecule has 2 heteroatoms. The zero-order chi connectivity index (χ0) is 11.0. The highest BCUT2D eigenvalue weighted by atomic mass is 16.5. The van der Waals surface area contributed by atoms with Crippen LogP contribution in [0.5, 0.6) is 0 Å². The normalized spacial score (nSPS) is 33.4. The zero-order valence-electron chi connectivity index (χ0n) is 9.80. The lowest BCUT2D eigenvalue weighted by Crippen LogP contribution is -2.58. The van der Waals surface area contributed by atoms with Crippen molar-refractivity contribution in [3.63, 3.8) is 0 Å². The minimum atomic E-state index is 0.548. The summed E-state index contributed by atoms with van der Waals surface area (Å²) in [5.74, 6) is 1.57. The smallest absolute Gasteiger partial charge is 0.0652 e. The van der Waals surface area contributed by atoms with Gasteiger partial charge >= 0.3 is 0 Å². The van der Waals surface area contributed by atoms with Gasteiger partial charge in [-0.25, -0.2) is 0 Å². The molecule has 1 saturated carbocycles. The summed E-state index contributed by atoms with van der Waals surface area (Å²) >= 11 is 0. The lowest BCUT2D eigenvalue weighted by molar-refractivity contribution is -0.129. The Labute approximate surface area is 97.2 Å². The number of nitrogens with zero attached hydrogens (tertiary/aromatic N) is 1. The third kappa shape index (κ3) is 1.76. The summed E-state index contributed by atoms with van der Waals surface area (Å²) in [6, 6.07) is 10.8. The summed E-state index contributed by atoms with van der Waals surface area (Å²) in [5.41, 5.74) is 1.43. The van der Waals surface area contributed by atoms with E-state index in [-0.39, 0.29) is 0 Å². The van der Waals surface area contributed by atoms with Crippen LogP contribution in [0.25, 0.3) is 0 Å². The minimum Gasteiger partial charge on any atom is -0.381 e. The zero-order valence-corrected chi connectivity index (χ0v) is 9.80. The van der Waals surface area contributed by atoms with Gasteiger partial charge in [-0.2, -0.15) is 0 Å². The molecule has 2 saturated heterocycles. The fourth-order valence-electron chi connectivity index (χ4n) is 3.30. The highest BCUT2D eigenvalue weighted by molar-refractivity contribution is 5.15. The summed E-state index contributed by atoms with van der Waals surface area (Å²) in [6.07, 6.45) is 1.93. The molecule has 0 amide bonds. The maximum Gasteiger partial charge on any atom is 0.0652 e. The van der Waals surface area contributed by atoms with Gasteiger partial charge in [0.05, 0.1) is 6.10 Å². The van der Waals surface area contributed by atoms with Gasteiger partial charge < -0.3 is 4.74 Å². The van der Waals surface area contributed by atoms with Crippen LogP contribution in [0.2, 0.25) is 0 Å². The largest absolute Gasteiger partial charge is 0.381 e. The average molecular weight is 217 g/mol. The van der Waals surface area contributed by atoms with E-state index >= 15 is 0 Å². The van der Waals surface area contributed by atoms with Gasteiger partial charge in [0.2, 0.25) is 0 Å². The predicted octanol–water partition coefficient (Wildman–Crippen LogP) is 2.15. The second-order valence-electron chi connectivity index (χ2n) is 5.14. The van der Waals surface area contributed by atoms with Gasteiger partial charge in [0.25, 0.3) is 0 Å². The Morgan fingerprint density at radius 2 is 1.88 bits per heavy atom. The van der Waals surface area contributed by atoms with Gasteiger partial charge in [0, 0.05) is 26.7 Å². The molecule has 1 unspecified atom stereocenters. The molecule has 2 aliphatic heterocycles. The number of rotatable bonds is 3. The predicted molar refractivity (Wildman–Crippen MR) is 64.1 cm³/mol. The molecule has 2 bridgehead atoms. The first-order chi connectivity index (χ1) is 7.86. The first kappa shape index (κ1) is 10.3. The second kappa shape index (κ2) is 4.19. The van der Waals surface area contributed by atoms with Crippen molar-refractivity contribution in [3.05, 3.63) is 35.9 Å². The van der Waals surface area contributed by atoms with E-state index < -0.39 is 0 Å². The van der Waals surface area contributed by atoms with Crippen LogP contribution in [-0.2, 0) is 11.3 Å². The fraction of sp³-hybridized carbons (Fsp3) is 0.571. The maximum absolute atomic E-state index is 5.53. The second-order valence-corrected chi connectivity index (χ2v) is 5.14. The van der Waals surface area contributed by atoms with E-state index in [1.165, 1.54) is 25.1 Å². The summed E-state index contributed by atoms with van der Waals surface area (Å²) in [6.45, 7) is 3.53. The summed E-state index contributed by atoms with van der Waals surface area (Å²) < 4.78 is 5.53. The van der Waals surface area contributed by atoms with Gasteiger partial charge in [0.15, 0.2) is 0 Å². The van der Waals surface area contributed by atoms with Crippen molar-refractivity contribution < 1.29 is 4.74 Å². The van der Waals surface area contributed by atoms with Crippen LogP contribution in [0.1, 0.15) is 12.0 Å². The molecule has 0 N–H and O–H groups in total. The van der Waals surface area contributed by atoms with Gasteiger partial charge in [0.1, 0.15) is 0 Å².